The van der Waals surface area contributed by atoms with Crippen molar-refractivity contribution in [1.29, 1.82) is 0 Å². The third-order valence-corrected chi connectivity index (χ3v) is 9.74. The molecule has 0 aromatic heterocycles. The molecule has 1 N–H and O–H groups in total. The number of aliphatic hydroxyl groups is 1. The average molecular weight is 377 g/mol. The molecule has 152 valence electrons. The molecule has 5 aliphatic carbocycles. The number of aliphatic hydroxyl groups excluding tert-OH is 1. The van der Waals surface area contributed by atoms with E-state index in [2.05, 4.69) is 13.8 Å². The minimum atomic E-state index is -0.0624. The van der Waals surface area contributed by atoms with Crippen LogP contribution in [-0.2, 0) is 14.2 Å². The van der Waals surface area contributed by atoms with Crippen molar-refractivity contribution in [2.75, 3.05) is 13.2 Å². The molecule has 0 amide bonds. The van der Waals surface area contributed by atoms with Crippen molar-refractivity contribution in [1.82, 2.24) is 0 Å². The molecule has 13 atom stereocenters. The van der Waals surface area contributed by atoms with Crippen LogP contribution in [0.4, 0.5) is 0 Å². The van der Waals surface area contributed by atoms with Crippen molar-refractivity contribution in [2.24, 2.45) is 47.3 Å². The first-order valence-corrected chi connectivity index (χ1v) is 11.7. The van der Waals surface area contributed by atoms with Crippen molar-refractivity contribution in [3.63, 3.8) is 0 Å². The Labute approximate surface area is 163 Å². The maximum absolute atomic E-state index is 10.3. The van der Waals surface area contributed by atoms with Crippen LogP contribution >= 0.6 is 0 Å². The van der Waals surface area contributed by atoms with Crippen molar-refractivity contribution in [2.45, 2.75) is 82.9 Å². The molecule has 0 aromatic rings. The Morgan fingerprint density at radius 1 is 0.815 bits per heavy atom. The highest BCUT2D eigenvalue weighted by Crippen LogP contribution is 2.60. The zero-order valence-corrected chi connectivity index (χ0v) is 16.8. The third-order valence-electron chi connectivity index (χ3n) is 9.74. The first-order chi connectivity index (χ1) is 13.1. The molecule has 4 nitrogen and oxygen atoms in total. The fourth-order valence-corrected chi connectivity index (χ4v) is 8.55. The summed E-state index contributed by atoms with van der Waals surface area (Å²) in [6, 6.07) is 0. The molecule has 0 radical (unpaired) electrons. The van der Waals surface area contributed by atoms with E-state index in [1.54, 1.807) is 0 Å². The number of fused-ring (bicyclic) bond motifs is 7. The number of hydrogen-bond donors (Lipinski definition) is 1. The predicted molar refractivity (Wildman–Crippen MR) is 101 cm³/mol. The normalized spacial score (nSPS) is 60.3. The van der Waals surface area contributed by atoms with Gasteiger partial charge in [0.05, 0.1) is 43.7 Å². The maximum atomic E-state index is 10.3. The molecule has 4 bridgehead atoms. The highest BCUT2D eigenvalue weighted by atomic mass is 16.6. The molecule has 0 aromatic carbocycles. The molecule has 13 unspecified atom stereocenters. The maximum Gasteiger partial charge on any atom is 0.0873 e. The largest absolute Gasteiger partial charge is 0.393 e. The zero-order valence-electron chi connectivity index (χ0n) is 16.8. The van der Waals surface area contributed by atoms with Crippen LogP contribution in [0.5, 0.6) is 0 Å². The summed E-state index contributed by atoms with van der Waals surface area (Å²) >= 11 is 0. The van der Waals surface area contributed by atoms with E-state index in [0.717, 1.165) is 49.2 Å². The lowest BCUT2D eigenvalue weighted by atomic mass is 9.76. The number of hydrogen-bond acceptors (Lipinski definition) is 4. The van der Waals surface area contributed by atoms with Gasteiger partial charge in [-0.05, 0) is 92.8 Å². The van der Waals surface area contributed by atoms with Crippen LogP contribution < -0.4 is 0 Å². The van der Waals surface area contributed by atoms with Crippen LogP contribution in [0.25, 0.3) is 0 Å². The summed E-state index contributed by atoms with van der Waals surface area (Å²) in [5, 5.41) is 10.3. The van der Waals surface area contributed by atoms with Crippen molar-refractivity contribution >= 4 is 0 Å². The summed E-state index contributed by atoms with van der Waals surface area (Å²) in [4.78, 5) is 0. The van der Waals surface area contributed by atoms with E-state index in [4.69, 9.17) is 14.2 Å². The summed E-state index contributed by atoms with van der Waals surface area (Å²) in [5.74, 6) is 5.82. The smallest absolute Gasteiger partial charge is 0.0873 e. The summed E-state index contributed by atoms with van der Waals surface area (Å²) in [7, 11) is 0. The minimum Gasteiger partial charge on any atom is -0.393 e. The Hall–Kier alpha value is -0.160. The van der Waals surface area contributed by atoms with Crippen LogP contribution in [-0.4, -0.2) is 48.8 Å². The summed E-state index contributed by atoms with van der Waals surface area (Å²) in [6.45, 7) is 6.11. The standard InChI is InChI=1S/C23H36O4/c1-11-13-7-16(21(11)23-12(2)27-23)19(9-13)25-5-6-26-20-10-14-8-17(20)22-15(14)3-4-18(22)24/h11-24H,3-10H2,1-2H3. The second kappa shape index (κ2) is 6.42. The molecule has 4 heteroatoms. The molecular weight excluding hydrogens is 340 g/mol. The van der Waals surface area contributed by atoms with E-state index < -0.39 is 0 Å². The van der Waals surface area contributed by atoms with Gasteiger partial charge in [0.1, 0.15) is 0 Å². The Morgan fingerprint density at radius 3 is 2.11 bits per heavy atom. The first-order valence-electron chi connectivity index (χ1n) is 11.7. The number of ether oxygens (including phenoxy) is 3. The molecule has 1 heterocycles. The minimum absolute atomic E-state index is 0.0624. The van der Waals surface area contributed by atoms with Gasteiger partial charge in [0.15, 0.2) is 0 Å². The molecule has 27 heavy (non-hydrogen) atoms. The lowest BCUT2D eigenvalue weighted by molar-refractivity contribution is -0.0777. The summed E-state index contributed by atoms with van der Waals surface area (Å²) < 4.78 is 18.5. The van der Waals surface area contributed by atoms with E-state index >= 15 is 0 Å². The van der Waals surface area contributed by atoms with Crippen LogP contribution in [0.15, 0.2) is 0 Å². The number of rotatable bonds is 6. The summed E-state index contributed by atoms with van der Waals surface area (Å²) in [5.41, 5.74) is 0. The van der Waals surface area contributed by atoms with Gasteiger partial charge < -0.3 is 19.3 Å². The first kappa shape index (κ1) is 17.7. The highest BCUT2D eigenvalue weighted by molar-refractivity contribution is 5.07. The molecular formula is C23H36O4. The molecule has 0 spiro atoms. The quantitative estimate of drug-likeness (QED) is 0.571. The van der Waals surface area contributed by atoms with Gasteiger partial charge in [-0.15, -0.1) is 0 Å². The van der Waals surface area contributed by atoms with Crippen LogP contribution in [0.3, 0.4) is 0 Å². The van der Waals surface area contributed by atoms with E-state index in [1.807, 2.05) is 0 Å². The molecule has 6 aliphatic rings. The van der Waals surface area contributed by atoms with Gasteiger partial charge in [0.2, 0.25) is 0 Å². The van der Waals surface area contributed by atoms with Crippen LogP contribution in [0.1, 0.15) is 52.4 Å². The van der Waals surface area contributed by atoms with Crippen molar-refractivity contribution in [3.8, 4) is 0 Å². The Balaban J connectivity index is 0.985. The Bertz CT molecular complexity index is 581. The van der Waals surface area contributed by atoms with E-state index in [0.29, 0.717) is 42.2 Å². The van der Waals surface area contributed by atoms with E-state index in [-0.39, 0.29) is 6.10 Å². The van der Waals surface area contributed by atoms with Crippen molar-refractivity contribution in [3.05, 3.63) is 0 Å². The molecule has 6 rings (SSSR count). The van der Waals surface area contributed by atoms with Gasteiger partial charge in [-0.25, -0.2) is 0 Å². The lowest BCUT2D eigenvalue weighted by Gasteiger charge is -2.34. The zero-order chi connectivity index (χ0) is 18.3. The Kier molecular flexibility index (Phi) is 4.20. The highest BCUT2D eigenvalue weighted by Gasteiger charge is 2.59. The second-order valence-corrected chi connectivity index (χ2v) is 10.7. The van der Waals surface area contributed by atoms with Crippen LogP contribution in [0, 0.1) is 47.3 Å². The van der Waals surface area contributed by atoms with E-state index in [9.17, 15) is 5.11 Å². The lowest BCUT2D eigenvalue weighted by Crippen LogP contribution is -2.37. The third kappa shape index (κ3) is 2.69. The topological polar surface area (TPSA) is 51.2 Å². The van der Waals surface area contributed by atoms with Crippen molar-refractivity contribution < 1.29 is 19.3 Å². The van der Waals surface area contributed by atoms with Gasteiger partial charge in [-0.1, -0.05) is 6.92 Å². The fourth-order valence-electron chi connectivity index (χ4n) is 8.55. The molecule has 1 aliphatic heterocycles. The van der Waals surface area contributed by atoms with Gasteiger partial charge in [0.25, 0.3) is 0 Å². The number of epoxide rings is 1. The van der Waals surface area contributed by atoms with Crippen LogP contribution in [0.2, 0.25) is 0 Å². The Morgan fingerprint density at radius 2 is 1.44 bits per heavy atom. The molecule has 1 saturated heterocycles. The van der Waals surface area contributed by atoms with Gasteiger partial charge in [-0.3, -0.25) is 0 Å². The molecule has 6 fully saturated rings. The summed E-state index contributed by atoms with van der Waals surface area (Å²) in [6.07, 6.45) is 9.08. The fraction of sp³-hybridized carbons (Fsp3) is 1.00. The monoisotopic (exact) mass is 376 g/mol. The predicted octanol–water partition coefficient (Wildman–Crippen LogP) is 3.26. The van der Waals surface area contributed by atoms with Gasteiger partial charge >= 0.3 is 0 Å². The van der Waals surface area contributed by atoms with Gasteiger partial charge in [0, 0.05) is 0 Å². The average Bonchev–Trinajstić information content (AvgIpc) is 3.16. The SMILES string of the molecule is CC1OC1C1C(C)C2CC(OCCOC3CC4CC3C3C(O)CCC43)C1C2. The second-order valence-electron chi connectivity index (χ2n) is 10.7. The molecule has 5 saturated carbocycles. The van der Waals surface area contributed by atoms with E-state index in [1.165, 1.54) is 32.1 Å². The van der Waals surface area contributed by atoms with Gasteiger partial charge in [-0.2, -0.15) is 0 Å².